The largest absolute Gasteiger partial charge is 0.357 e. The van der Waals surface area contributed by atoms with Gasteiger partial charge in [0.2, 0.25) is 0 Å². The van der Waals surface area contributed by atoms with E-state index in [1.165, 1.54) is 43.4 Å². The normalized spacial score (nSPS) is 17.3. The molecule has 1 unspecified atom stereocenters. The summed E-state index contributed by atoms with van der Waals surface area (Å²) in [6.45, 7) is 12.1. The van der Waals surface area contributed by atoms with Crippen LogP contribution in [-0.4, -0.2) is 52.6 Å². The number of imidazole rings is 1. The van der Waals surface area contributed by atoms with E-state index in [-0.39, 0.29) is 24.0 Å². The van der Waals surface area contributed by atoms with Crippen LogP contribution in [0.15, 0.2) is 41.7 Å². The van der Waals surface area contributed by atoms with Crippen LogP contribution in [0.25, 0.3) is 0 Å². The van der Waals surface area contributed by atoms with Crippen LogP contribution < -0.4 is 10.6 Å². The molecule has 0 spiro atoms. The number of halogens is 1. The second-order valence-corrected chi connectivity index (χ2v) is 8.14. The molecule has 1 fully saturated rings. The molecule has 7 heteroatoms. The summed E-state index contributed by atoms with van der Waals surface area (Å²) in [5, 5.41) is 6.91. The standard InChI is InChI=1S/C24H38N6.HI/c1-4-23-11-6-7-14-29(23)15-13-27-24(25-5-2)28-18-21-9-8-10-22(17-21)19-30-16-12-26-20(30)3;/h8-10,12,16-17,23H,4-7,11,13-15,18-19H2,1-3H3,(H2,25,27,28);1H. The van der Waals surface area contributed by atoms with Gasteiger partial charge in [-0.25, -0.2) is 9.98 Å². The van der Waals surface area contributed by atoms with Crippen molar-refractivity contribution in [2.75, 3.05) is 26.2 Å². The summed E-state index contributed by atoms with van der Waals surface area (Å²) in [7, 11) is 0. The number of aromatic nitrogens is 2. The monoisotopic (exact) mass is 538 g/mol. The van der Waals surface area contributed by atoms with Gasteiger partial charge >= 0.3 is 0 Å². The van der Waals surface area contributed by atoms with Crippen LogP contribution in [0.2, 0.25) is 0 Å². The molecule has 0 radical (unpaired) electrons. The molecule has 2 N–H and O–H groups in total. The van der Waals surface area contributed by atoms with Gasteiger partial charge in [-0.05, 0) is 50.8 Å². The van der Waals surface area contributed by atoms with E-state index >= 15 is 0 Å². The molecular formula is C24H39IN6. The molecule has 3 rings (SSSR count). The van der Waals surface area contributed by atoms with Gasteiger partial charge in [0.15, 0.2) is 5.96 Å². The molecule has 0 saturated carbocycles. The molecule has 2 aromatic rings. The van der Waals surface area contributed by atoms with Crippen molar-refractivity contribution in [1.82, 2.24) is 25.1 Å². The fourth-order valence-corrected chi connectivity index (χ4v) is 4.24. The van der Waals surface area contributed by atoms with Gasteiger partial charge < -0.3 is 15.2 Å². The number of guanidine groups is 1. The van der Waals surface area contributed by atoms with Gasteiger partial charge in [-0.1, -0.05) is 37.6 Å². The molecule has 2 heterocycles. The number of aryl methyl sites for hydroxylation is 1. The van der Waals surface area contributed by atoms with Crippen LogP contribution in [0.1, 0.15) is 56.5 Å². The van der Waals surface area contributed by atoms with Crippen molar-refractivity contribution in [3.63, 3.8) is 0 Å². The molecule has 1 aliphatic rings. The van der Waals surface area contributed by atoms with Crippen molar-refractivity contribution in [2.24, 2.45) is 4.99 Å². The fourth-order valence-electron chi connectivity index (χ4n) is 4.24. The van der Waals surface area contributed by atoms with Crippen molar-refractivity contribution in [1.29, 1.82) is 0 Å². The number of piperidine rings is 1. The van der Waals surface area contributed by atoms with Gasteiger partial charge in [-0.3, -0.25) is 4.90 Å². The number of rotatable bonds is 9. The van der Waals surface area contributed by atoms with Gasteiger partial charge in [0, 0.05) is 44.6 Å². The van der Waals surface area contributed by atoms with Crippen molar-refractivity contribution in [3.8, 4) is 0 Å². The summed E-state index contributed by atoms with van der Waals surface area (Å²) < 4.78 is 2.16. The Balaban J connectivity index is 0.00000341. The summed E-state index contributed by atoms with van der Waals surface area (Å²) in [6.07, 6.45) is 9.19. The molecular weight excluding hydrogens is 499 g/mol. The Morgan fingerprint density at radius 3 is 2.77 bits per heavy atom. The lowest BCUT2D eigenvalue weighted by Gasteiger charge is -2.35. The molecule has 6 nitrogen and oxygen atoms in total. The zero-order chi connectivity index (χ0) is 21.2. The quantitative estimate of drug-likeness (QED) is 0.286. The molecule has 1 aliphatic heterocycles. The first-order valence-electron chi connectivity index (χ1n) is 11.5. The average Bonchev–Trinajstić information content (AvgIpc) is 3.17. The minimum Gasteiger partial charge on any atom is -0.357 e. The summed E-state index contributed by atoms with van der Waals surface area (Å²) >= 11 is 0. The Hall–Kier alpha value is -1.61. The lowest BCUT2D eigenvalue weighted by Crippen LogP contribution is -2.45. The van der Waals surface area contributed by atoms with E-state index < -0.39 is 0 Å². The topological polar surface area (TPSA) is 57.5 Å². The van der Waals surface area contributed by atoms with Crippen LogP contribution >= 0.6 is 24.0 Å². The van der Waals surface area contributed by atoms with Crippen LogP contribution in [0.3, 0.4) is 0 Å². The molecule has 0 bridgehead atoms. The maximum absolute atomic E-state index is 4.82. The highest BCUT2D eigenvalue weighted by Gasteiger charge is 2.19. The summed E-state index contributed by atoms with van der Waals surface area (Å²) in [4.78, 5) is 11.8. The molecule has 0 aliphatic carbocycles. The average molecular weight is 539 g/mol. The van der Waals surface area contributed by atoms with E-state index in [4.69, 9.17) is 4.99 Å². The predicted octanol–water partition coefficient (Wildman–Crippen LogP) is 4.18. The van der Waals surface area contributed by atoms with Gasteiger partial charge in [0.1, 0.15) is 5.82 Å². The Bertz CT molecular complexity index is 803. The van der Waals surface area contributed by atoms with Gasteiger partial charge in [-0.15, -0.1) is 24.0 Å². The summed E-state index contributed by atoms with van der Waals surface area (Å²) in [6, 6.07) is 9.43. The highest BCUT2D eigenvalue weighted by molar-refractivity contribution is 14.0. The van der Waals surface area contributed by atoms with Gasteiger partial charge in [0.25, 0.3) is 0 Å². The third-order valence-corrected chi connectivity index (χ3v) is 5.94. The fraction of sp³-hybridized carbons (Fsp3) is 0.583. The van der Waals surface area contributed by atoms with Crippen molar-refractivity contribution in [2.45, 2.75) is 65.6 Å². The Labute approximate surface area is 204 Å². The van der Waals surface area contributed by atoms with Gasteiger partial charge in [-0.2, -0.15) is 0 Å². The molecule has 1 atom stereocenters. The molecule has 31 heavy (non-hydrogen) atoms. The van der Waals surface area contributed by atoms with Crippen molar-refractivity contribution >= 4 is 29.9 Å². The minimum atomic E-state index is 0. The first-order valence-corrected chi connectivity index (χ1v) is 11.5. The first kappa shape index (κ1) is 25.6. The Morgan fingerprint density at radius 1 is 1.19 bits per heavy atom. The molecule has 1 saturated heterocycles. The number of aliphatic imine (C=N–C) groups is 1. The number of hydrogen-bond donors (Lipinski definition) is 2. The van der Waals surface area contributed by atoms with Gasteiger partial charge in [0.05, 0.1) is 6.54 Å². The van der Waals surface area contributed by atoms with Crippen LogP contribution in [0.5, 0.6) is 0 Å². The summed E-state index contributed by atoms with van der Waals surface area (Å²) in [5.74, 6) is 1.94. The number of nitrogens with one attached hydrogen (secondary N) is 2. The van der Waals surface area contributed by atoms with E-state index in [0.29, 0.717) is 6.54 Å². The van der Waals surface area contributed by atoms with E-state index in [2.05, 4.69) is 63.2 Å². The van der Waals surface area contributed by atoms with Crippen LogP contribution in [0, 0.1) is 6.92 Å². The zero-order valence-corrected chi connectivity index (χ0v) is 21.6. The molecule has 1 aromatic heterocycles. The van der Waals surface area contributed by atoms with E-state index in [1.54, 1.807) is 0 Å². The maximum atomic E-state index is 4.82. The number of hydrogen-bond acceptors (Lipinski definition) is 3. The Morgan fingerprint density at radius 2 is 2.03 bits per heavy atom. The smallest absolute Gasteiger partial charge is 0.191 e. The second kappa shape index (κ2) is 13.7. The third-order valence-electron chi connectivity index (χ3n) is 5.94. The number of benzene rings is 1. The highest BCUT2D eigenvalue weighted by atomic mass is 127. The SMILES string of the molecule is CCNC(=NCc1cccc(Cn2ccnc2C)c1)NCCN1CCCCC1CC.I. The Kier molecular flexibility index (Phi) is 11.4. The first-order chi connectivity index (χ1) is 14.7. The lowest BCUT2D eigenvalue weighted by atomic mass is 10.0. The predicted molar refractivity (Wildman–Crippen MR) is 140 cm³/mol. The van der Waals surface area contributed by atoms with Crippen LogP contribution in [0.4, 0.5) is 0 Å². The summed E-state index contributed by atoms with van der Waals surface area (Å²) in [5.41, 5.74) is 2.50. The highest BCUT2D eigenvalue weighted by Crippen LogP contribution is 2.18. The second-order valence-electron chi connectivity index (χ2n) is 8.14. The lowest BCUT2D eigenvalue weighted by molar-refractivity contribution is 0.147. The number of likely N-dealkylation sites (tertiary alicyclic amines) is 1. The van der Waals surface area contributed by atoms with E-state index in [1.807, 2.05) is 19.3 Å². The molecule has 1 aromatic carbocycles. The van der Waals surface area contributed by atoms with E-state index in [9.17, 15) is 0 Å². The van der Waals surface area contributed by atoms with E-state index in [0.717, 1.165) is 44.0 Å². The van der Waals surface area contributed by atoms with Crippen LogP contribution in [-0.2, 0) is 13.1 Å². The third kappa shape index (κ3) is 8.11. The van der Waals surface area contributed by atoms with Crippen molar-refractivity contribution < 1.29 is 0 Å². The minimum absolute atomic E-state index is 0. The zero-order valence-electron chi connectivity index (χ0n) is 19.3. The molecule has 0 amide bonds. The maximum Gasteiger partial charge on any atom is 0.191 e. The molecule has 172 valence electrons. The number of nitrogens with zero attached hydrogens (tertiary/aromatic N) is 4. The van der Waals surface area contributed by atoms with Crippen molar-refractivity contribution in [3.05, 3.63) is 53.6 Å².